The number of rotatable bonds is 1. The Hall–Kier alpha value is -1.69. The van der Waals surface area contributed by atoms with E-state index < -0.39 is 5.91 Å². The number of amides is 1. The van der Waals surface area contributed by atoms with Crippen LogP contribution in [0.2, 0.25) is 0 Å². The number of fused-ring (bicyclic) bond motifs is 1. The summed E-state index contributed by atoms with van der Waals surface area (Å²) in [6, 6.07) is 0. The summed E-state index contributed by atoms with van der Waals surface area (Å²) in [5.74, 6) is -0.446. The molecule has 1 aromatic rings. The van der Waals surface area contributed by atoms with Gasteiger partial charge in [0, 0.05) is 12.1 Å². The fraction of sp³-hybridized carbons (Fsp3) is 0.375. The van der Waals surface area contributed by atoms with Gasteiger partial charge in [0.1, 0.15) is 5.69 Å². The highest BCUT2D eigenvalue weighted by Gasteiger charge is 2.19. The van der Waals surface area contributed by atoms with Gasteiger partial charge in [0.05, 0.1) is 5.69 Å². The smallest absolute Gasteiger partial charge is 0.267 e. The number of aromatic nitrogens is 2. The number of nitrogens with one attached hydrogen (secondary N) is 1. The minimum absolute atomic E-state index is 0.0984. The molecule has 0 unspecified atom stereocenters. The second-order valence-electron chi connectivity index (χ2n) is 3.15. The Kier molecular flexibility index (Phi) is 2.05. The lowest BCUT2D eigenvalue weighted by molar-refractivity contribution is 0.0994. The third-order valence-electron chi connectivity index (χ3n) is 2.19. The molecular formula is C8H11N5O. The number of carbonyl (C=O) groups is 1. The van der Waals surface area contributed by atoms with E-state index in [1.807, 2.05) is 0 Å². The van der Waals surface area contributed by atoms with Crippen LogP contribution < -0.4 is 16.8 Å². The van der Waals surface area contributed by atoms with E-state index in [-0.39, 0.29) is 11.6 Å². The number of hydrogen-bond acceptors (Lipinski definition) is 5. The predicted molar refractivity (Wildman–Crippen MR) is 50.4 cm³/mol. The summed E-state index contributed by atoms with van der Waals surface area (Å²) >= 11 is 0. The molecule has 0 saturated carbocycles. The zero-order valence-electron chi connectivity index (χ0n) is 7.58. The molecule has 0 saturated heterocycles. The molecule has 6 nitrogen and oxygen atoms in total. The van der Waals surface area contributed by atoms with Crippen molar-refractivity contribution in [3.63, 3.8) is 0 Å². The largest absolute Gasteiger partial charge is 0.368 e. The summed E-state index contributed by atoms with van der Waals surface area (Å²) in [6.07, 6.45) is 0.716. The molecule has 0 aromatic carbocycles. The molecule has 6 heteroatoms. The molecule has 0 spiro atoms. The Morgan fingerprint density at radius 1 is 1.43 bits per heavy atom. The Morgan fingerprint density at radius 2 is 2.21 bits per heavy atom. The van der Waals surface area contributed by atoms with Crippen molar-refractivity contribution in [2.75, 3.05) is 12.3 Å². The lowest BCUT2D eigenvalue weighted by Crippen LogP contribution is -2.29. The van der Waals surface area contributed by atoms with Crippen molar-refractivity contribution in [1.29, 1.82) is 0 Å². The van der Waals surface area contributed by atoms with Crippen molar-refractivity contribution in [1.82, 2.24) is 15.3 Å². The summed E-state index contributed by atoms with van der Waals surface area (Å²) < 4.78 is 0. The Bertz CT molecular complexity index is 390. The summed E-state index contributed by atoms with van der Waals surface area (Å²) in [5.41, 5.74) is 12.5. The van der Waals surface area contributed by atoms with E-state index in [4.69, 9.17) is 11.5 Å². The molecule has 1 aliphatic heterocycles. The normalized spacial score (nSPS) is 14.9. The van der Waals surface area contributed by atoms with Crippen LogP contribution in [0.4, 0.5) is 5.95 Å². The topological polar surface area (TPSA) is 107 Å². The molecule has 0 atom stereocenters. The first-order chi connectivity index (χ1) is 6.68. The van der Waals surface area contributed by atoms with Crippen molar-refractivity contribution in [3.8, 4) is 0 Å². The standard InChI is InChI=1S/C8H11N5O/c9-7(14)6-4-1-2-11-3-5(4)12-8(10)13-6/h11H,1-3H2,(H2,9,14)(H2,10,12,13). The van der Waals surface area contributed by atoms with Crippen LogP contribution in [0, 0.1) is 0 Å². The fourth-order valence-electron chi connectivity index (χ4n) is 1.58. The number of carbonyl (C=O) groups excluding carboxylic acids is 1. The molecule has 0 aliphatic carbocycles. The van der Waals surface area contributed by atoms with E-state index in [2.05, 4.69) is 15.3 Å². The zero-order chi connectivity index (χ0) is 10.1. The Labute approximate surface area is 80.7 Å². The Balaban J connectivity index is 2.58. The predicted octanol–water partition coefficient (Wildman–Crippen LogP) is -1.20. The minimum atomic E-state index is -0.544. The van der Waals surface area contributed by atoms with Crippen LogP contribution in [0.25, 0.3) is 0 Å². The zero-order valence-corrected chi connectivity index (χ0v) is 7.58. The first kappa shape index (κ1) is 8.89. The van der Waals surface area contributed by atoms with E-state index in [0.717, 1.165) is 17.8 Å². The van der Waals surface area contributed by atoms with Gasteiger partial charge in [0.25, 0.3) is 5.91 Å². The maximum atomic E-state index is 11.1. The van der Waals surface area contributed by atoms with Crippen molar-refractivity contribution >= 4 is 11.9 Å². The van der Waals surface area contributed by atoms with Crippen molar-refractivity contribution in [2.45, 2.75) is 13.0 Å². The maximum absolute atomic E-state index is 11.1. The fourth-order valence-corrected chi connectivity index (χ4v) is 1.58. The van der Waals surface area contributed by atoms with Crippen LogP contribution >= 0.6 is 0 Å². The highest BCUT2D eigenvalue weighted by Crippen LogP contribution is 2.15. The molecule has 2 heterocycles. The summed E-state index contributed by atoms with van der Waals surface area (Å²) in [5, 5.41) is 3.14. The van der Waals surface area contributed by atoms with Crippen LogP contribution in [-0.4, -0.2) is 22.4 Å². The lowest BCUT2D eigenvalue weighted by Gasteiger charge is -2.17. The lowest BCUT2D eigenvalue weighted by atomic mass is 10.0. The molecule has 74 valence electrons. The van der Waals surface area contributed by atoms with E-state index in [9.17, 15) is 4.79 Å². The van der Waals surface area contributed by atoms with E-state index >= 15 is 0 Å². The maximum Gasteiger partial charge on any atom is 0.267 e. The molecule has 2 rings (SSSR count). The third-order valence-corrected chi connectivity index (χ3v) is 2.19. The highest BCUT2D eigenvalue weighted by molar-refractivity contribution is 5.92. The molecule has 1 aliphatic rings. The molecule has 14 heavy (non-hydrogen) atoms. The van der Waals surface area contributed by atoms with Crippen LogP contribution in [-0.2, 0) is 13.0 Å². The summed E-state index contributed by atoms with van der Waals surface area (Å²) in [4.78, 5) is 19.0. The summed E-state index contributed by atoms with van der Waals surface area (Å²) in [7, 11) is 0. The van der Waals surface area contributed by atoms with Gasteiger partial charge in [-0.05, 0) is 13.0 Å². The van der Waals surface area contributed by atoms with Gasteiger partial charge >= 0.3 is 0 Å². The van der Waals surface area contributed by atoms with Gasteiger partial charge in [-0.1, -0.05) is 0 Å². The molecule has 5 N–H and O–H groups in total. The van der Waals surface area contributed by atoms with Gasteiger partial charge in [0.15, 0.2) is 0 Å². The second kappa shape index (κ2) is 3.22. The van der Waals surface area contributed by atoms with Crippen LogP contribution in [0.5, 0.6) is 0 Å². The number of nitrogens with zero attached hydrogens (tertiary/aromatic N) is 2. The van der Waals surface area contributed by atoms with Crippen LogP contribution in [0.15, 0.2) is 0 Å². The average molecular weight is 193 g/mol. The molecule has 0 bridgehead atoms. The second-order valence-corrected chi connectivity index (χ2v) is 3.15. The number of hydrogen-bond donors (Lipinski definition) is 3. The first-order valence-electron chi connectivity index (χ1n) is 4.34. The van der Waals surface area contributed by atoms with Gasteiger partial charge in [-0.2, -0.15) is 0 Å². The van der Waals surface area contributed by atoms with Crippen molar-refractivity contribution in [3.05, 3.63) is 17.0 Å². The van der Waals surface area contributed by atoms with Gasteiger partial charge in [-0.15, -0.1) is 0 Å². The number of primary amides is 1. The number of nitrogen functional groups attached to an aromatic ring is 1. The SMILES string of the molecule is NC(=O)c1nc(N)nc2c1CCNC2. The van der Waals surface area contributed by atoms with Gasteiger partial charge in [0.2, 0.25) is 5.95 Å². The van der Waals surface area contributed by atoms with E-state index in [0.29, 0.717) is 13.0 Å². The molecule has 0 radical (unpaired) electrons. The molecule has 0 fully saturated rings. The Morgan fingerprint density at radius 3 is 2.93 bits per heavy atom. The molecule has 1 aromatic heterocycles. The van der Waals surface area contributed by atoms with Crippen molar-refractivity contribution < 1.29 is 4.79 Å². The first-order valence-corrected chi connectivity index (χ1v) is 4.34. The molecule has 1 amide bonds. The van der Waals surface area contributed by atoms with Crippen LogP contribution in [0.1, 0.15) is 21.7 Å². The number of anilines is 1. The summed E-state index contributed by atoms with van der Waals surface area (Å²) in [6.45, 7) is 1.42. The van der Waals surface area contributed by atoms with Gasteiger partial charge < -0.3 is 16.8 Å². The highest BCUT2D eigenvalue weighted by atomic mass is 16.1. The third kappa shape index (κ3) is 1.39. The van der Waals surface area contributed by atoms with Gasteiger partial charge in [-0.25, -0.2) is 9.97 Å². The number of nitrogens with two attached hydrogens (primary N) is 2. The quantitative estimate of drug-likeness (QED) is 0.519. The van der Waals surface area contributed by atoms with Gasteiger partial charge in [-0.3, -0.25) is 4.79 Å². The van der Waals surface area contributed by atoms with Crippen molar-refractivity contribution in [2.24, 2.45) is 5.73 Å². The van der Waals surface area contributed by atoms with E-state index in [1.54, 1.807) is 0 Å². The molecular weight excluding hydrogens is 182 g/mol. The monoisotopic (exact) mass is 193 g/mol. The average Bonchev–Trinajstić information content (AvgIpc) is 2.16. The van der Waals surface area contributed by atoms with E-state index in [1.165, 1.54) is 0 Å². The van der Waals surface area contributed by atoms with Crippen LogP contribution in [0.3, 0.4) is 0 Å². The minimum Gasteiger partial charge on any atom is -0.368 e.